The molecule has 0 bridgehead atoms. The summed E-state index contributed by atoms with van der Waals surface area (Å²) in [6.45, 7) is 15.1. The largest absolute Gasteiger partial charge is 0.344 e. The Bertz CT molecular complexity index is 1530. The Morgan fingerprint density at radius 2 is 1.63 bits per heavy atom. The minimum atomic E-state index is -0.857. The van der Waals surface area contributed by atoms with E-state index in [-0.39, 0.29) is 22.7 Å². The van der Waals surface area contributed by atoms with Crippen molar-refractivity contribution in [3.05, 3.63) is 94.6 Å². The number of Topliss-reactive ketones (excluding diaryl/α,β-unsaturated/α-hetero) is 1. The van der Waals surface area contributed by atoms with Crippen molar-refractivity contribution in [1.82, 2.24) is 0 Å². The molecular weight excluding hydrogens is 504 g/mol. The van der Waals surface area contributed by atoms with E-state index >= 15 is 0 Å². The van der Waals surface area contributed by atoms with Gasteiger partial charge in [0.15, 0.2) is 17.2 Å². The van der Waals surface area contributed by atoms with Crippen molar-refractivity contribution in [2.75, 3.05) is 0 Å². The van der Waals surface area contributed by atoms with E-state index in [2.05, 4.69) is 94.4 Å². The van der Waals surface area contributed by atoms with Gasteiger partial charge in [-0.25, -0.2) is 0 Å². The number of fused-ring (bicyclic) bond motifs is 7. The van der Waals surface area contributed by atoms with Crippen LogP contribution in [0.4, 0.5) is 0 Å². The van der Waals surface area contributed by atoms with Crippen LogP contribution in [0.5, 0.6) is 0 Å². The standard InChI is InChI=1S/C38H44O3/c1-23-13-11-12-16-27(23)28-20-32-24(2)19-29-31(36(32,6)22-30(28)26-14-9-8-10-15-26)17-18-37(7)33(29)21-34-38(37,25(3)39)41-35(4,5)40-34/h8-16,19-20,29,31,33-34H,17-18,21-22H2,1-7H3/t29-,31+,33+,34+,36-,37+,38-/m1/s1. The van der Waals surface area contributed by atoms with Crippen LogP contribution in [-0.2, 0) is 14.3 Å². The van der Waals surface area contributed by atoms with Crippen LogP contribution in [0.2, 0.25) is 0 Å². The van der Waals surface area contributed by atoms with Gasteiger partial charge in [-0.05, 0) is 111 Å². The number of aryl methyl sites for hydroxylation is 1. The molecule has 0 spiro atoms. The third-order valence-corrected chi connectivity index (χ3v) is 11.9. The highest BCUT2D eigenvalue weighted by Gasteiger charge is 2.75. The summed E-state index contributed by atoms with van der Waals surface area (Å²) in [6.07, 6.45) is 8.89. The van der Waals surface area contributed by atoms with Gasteiger partial charge in [-0.1, -0.05) is 86.2 Å². The Morgan fingerprint density at radius 3 is 2.34 bits per heavy atom. The van der Waals surface area contributed by atoms with Crippen LogP contribution in [0.15, 0.2) is 77.9 Å². The van der Waals surface area contributed by atoms with Gasteiger partial charge in [0.05, 0.1) is 6.10 Å². The van der Waals surface area contributed by atoms with Gasteiger partial charge < -0.3 is 9.47 Å². The molecule has 0 unspecified atom stereocenters. The van der Waals surface area contributed by atoms with Crippen molar-refractivity contribution in [3.63, 3.8) is 0 Å². The number of carbonyl (C=O) groups excluding carboxylic acids is 1. The topological polar surface area (TPSA) is 35.5 Å². The average Bonchev–Trinajstić information content (AvgIpc) is 3.35. The second-order valence-corrected chi connectivity index (χ2v) is 14.5. The smallest absolute Gasteiger partial charge is 0.164 e. The minimum absolute atomic E-state index is 0.0181. The fourth-order valence-corrected chi connectivity index (χ4v) is 10.2. The monoisotopic (exact) mass is 548 g/mol. The first-order valence-electron chi connectivity index (χ1n) is 15.6. The van der Waals surface area contributed by atoms with E-state index in [4.69, 9.17) is 9.47 Å². The lowest BCUT2D eigenvalue weighted by atomic mass is 9.46. The molecule has 0 radical (unpaired) electrons. The number of hydrogen-bond acceptors (Lipinski definition) is 3. The van der Waals surface area contributed by atoms with Crippen LogP contribution in [0.3, 0.4) is 0 Å². The van der Waals surface area contributed by atoms with E-state index in [1.807, 2.05) is 13.8 Å². The van der Waals surface area contributed by atoms with Gasteiger partial charge in [-0.2, -0.15) is 0 Å². The lowest BCUT2D eigenvalue weighted by Gasteiger charge is -2.58. The number of hydrogen-bond donors (Lipinski definition) is 0. The van der Waals surface area contributed by atoms with Crippen LogP contribution in [0.25, 0.3) is 11.1 Å². The molecule has 0 amide bonds. The highest BCUT2D eigenvalue weighted by Crippen LogP contribution is 2.71. The Hall–Kier alpha value is -2.75. The second-order valence-electron chi connectivity index (χ2n) is 14.5. The molecule has 3 fully saturated rings. The summed E-state index contributed by atoms with van der Waals surface area (Å²) in [5, 5.41) is 0. The zero-order chi connectivity index (χ0) is 28.9. The molecule has 1 aliphatic heterocycles. The molecule has 7 rings (SSSR count). The molecule has 1 saturated heterocycles. The number of benzene rings is 2. The number of allylic oxidation sites excluding steroid dienone is 6. The maximum atomic E-state index is 13.5. The van der Waals surface area contributed by atoms with Gasteiger partial charge in [0.1, 0.15) is 0 Å². The summed E-state index contributed by atoms with van der Waals surface area (Å²) in [7, 11) is 0. The molecule has 3 nitrogen and oxygen atoms in total. The number of ether oxygens (including phenoxy) is 2. The van der Waals surface area contributed by atoms with Crippen molar-refractivity contribution in [2.45, 2.75) is 91.6 Å². The van der Waals surface area contributed by atoms with Gasteiger partial charge in [-0.15, -0.1) is 0 Å². The zero-order valence-electron chi connectivity index (χ0n) is 25.7. The van der Waals surface area contributed by atoms with Crippen LogP contribution in [0.1, 0.15) is 83.9 Å². The maximum Gasteiger partial charge on any atom is 0.164 e. The molecule has 1 heterocycles. The molecule has 3 heteroatoms. The lowest BCUT2D eigenvalue weighted by Crippen LogP contribution is -2.59. The average molecular weight is 549 g/mol. The van der Waals surface area contributed by atoms with Crippen LogP contribution in [0, 0.1) is 35.5 Å². The molecule has 4 aliphatic carbocycles. The molecule has 2 saturated carbocycles. The van der Waals surface area contributed by atoms with Crippen LogP contribution < -0.4 is 0 Å². The zero-order valence-corrected chi connectivity index (χ0v) is 25.7. The quantitative estimate of drug-likeness (QED) is 0.385. The van der Waals surface area contributed by atoms with Gasteiger partial charge >= 0.3 is 0 Å². The molecule has 2 aromatic rings. The lowest BCUT2D eigenvalue weighted by molar-refractivity contribution is -0.210. The van der Waals surface area contributed by atoms with Gasteiger partial charge in [-0.3, -0.25) is 4.79 Å². The van der Waals surface area contributed by atoms with E-state index in [0.717, 1.165) is 25.7 Å². The molecule has 2 aromatic carbocycles. The van der Waals surface area contributed by atoms with Crippen LogP contribution >= 0.6 is 0 Å². The van der Waals surface area contributed by atoms with Gasteiger partial charge in [0.25, 0.3) is 0 Å². The van der Waals surface area contributed by atoms with Crippen LogP contribution in [-0.4, -0.2) is 23.3 Å². The van der Waals surface area contributed by atoms with Crippen molar-refractivity contribution >= 4 is 16.9 Å². The summed E-state index contributed by atoms with van der Waals surface area (Å²) in [4.78, 5) is 13.5. The Labute approximate surface area is 245 Å². The predicted molar refractivity (Wildman–Crippen MR) is 165 cm³/mol. The van der Waals surface area contributed by atoms with E-state index in [1.165, 1.54) is 39.0 Å². The number of ketones is 1. The SMILES string of the molecule is CC(=O)[C@@]12OC(C)(C)O[C@H]1C[C@H]1[C@@H]3C=C(C)C4=CC(c5ccccc5C)=C(c5ccccc5)C[C@]4(C)[C@H]3CC[C@@]12C. The third-order valence-electron chi connectivity index (χ3n) is 11.9. The molecule has 0 N–H and O–H groups in total. The first-order chi connectivity index (χ1) is 19.4. The van der Waals surface area contributed by atoms with Crippen molar-refractivity contribution < 1.29 is 14.3 Å². The van der Waals surface area contributed by atoms with Crippen molar-refractivity contribution in [2.24, 2.45) is 28.6 Å². The van der Waals surface area contributed by atoms with Gasteiger partial charge in [0, 0.05) is 10.8 Å². The summed E-state index contributed by atoms with van der Waals surface area (Å²) in [5.41, 5.74) is 8.59. The van der Waals surface area contributed by atoms with E-state index in [0.29, 0.717) is 17.8 Å². The number of rotatable bonds is 3. The fourth-order valence-electron chi connectivity index (χ4n) is 10.2. The fraction of sp³-hybridized carbons (Fsp3) is 0.500. The first kappa shape index (κ1) is 27.1. The Kier molecular flexibility index (Phi) is 5.87. The van der Waals surface area contributed by atoms with Crippen molar-refractivity contribution in [3.8, 4) is 0 Å². The summed E-state index contributed by atoms with van der Waals surface area (Å²) < 4.78 is 13.2. The molecule has 214 valence electrons. The Balaban J connectivity index is 1.36. The maximum absolute atomic E-state index is 13.5. The van der Waals surface area contributed by atoms with Gasteiger partial charge in [0.2, 0.25) is 0 Å². The normalized spacial score (nSPS) is 38.8. The number of carbonyl (C=O) groups is 1. The minimum Gasteiger partial charge on any atom is -0.344 e. The van der Waals surface area contributed by atoms with E-state index < -0.39 is 11.4 Å². The molecule has 0 aromatic heterocycles. The molecule has 5 aliphatic rings. The molecular formula is C38H44O3. The Morgan fingerprint density at radius 1 is 0.927 bits per heavy atom. The third kappa shape index (κ3) is 3.61. The van der Waals surface area contributed by atoms with Crippen molar-refractivity contribution in [1.29, 1.82) is 0 Å². The highest BCUT2D eigenvalue weighted by molar-refractivity contribution is 5.99. The molecule has 41 heavy (non-hydrogen) atoms. The van der Waals surface area contributed by atoms with E-state index in [1.54, 1.807) is 6.92 Å². The summed E-state index contributed by atoms with van der Waals surface area (Å²) >= 11 is 0. The highest BCUT2D eigenvalue weighted by atomic mass is 16.8. The van der Waals surface area contributed by atoms with E-state index in [9.17, 15) is 4.79 Å². The summed E-state index contributed by atoms with van der Waals surface area (Å²) in [5.74, 6) is 0.649. The molecule has 7 atom stereocenters. The predicted octanol–water partition coefficient (Wildman–Crippen LogP) is 8.73. The second kappa shape index (κ2) is 8.88. The summed E-state index contributed by atoms with van der Waals surface area (Å²) in [6, 6.07) is 19.8. The first-order valence-corrected chi connectivity index (χ1v) is 15.6.